The predicted octanol–water partition coefficient (Wildman–Crippen LogP) is 1.71. The minimum absolute atomic E-state index is 0.133. The second-order valence-electron chi connectivity index (χ2n) is 3.41. The van der Waals surface area contributed by atoms with Crippen LogP contribution >= 0.6 is 0 Å². The minimum Gasteiger partial charge on any atom is -0.478 e. The van der Waals surface area contributed by atoms with Crippen LogP contribution in [0.15, 0.2) is 28.7 Å². The van der Waals surface area contributed by atoms with Gasteiger partial charge in [0.1, 0.15) is 5.52 Å². The second kappa shape index (κ2) is 4.70. The number of carboxylic acid groups (broad SMARTS) is 1. The summed E-state index contributed by atoms with van der Waals surface area (Å²) >= 11 is 0. The molecule has 1 heterocycles. The van der Waals surface area contributed by atoms with Gasteiger partial charge in [-0.1, -0.05) is 6.07 Å². The van der Waals surface area contributed by atoms with Crippen LogP contribution in [0.3, 0.4) is 0 Å². The average molecular weight is 247 g/mol. The number of carbonyl (C=O) groups excluding carboxylic acids is 1. The van der Waals surface area contributed by atoms with Crippen molar-refractivity contribution >= 4 is 29.1 Å². The zero-order chi connectivity index (χ0) is 13.1. The van der Waals surface area contributed by atoms with Crippen LogP contribution in [0.1, 0.15) is 16.2 Å². The highest BCUT2D eigenvalue weighted by Crippen LogP contribution is 2.18. The Balaban J connectivity index is 2.39. The first-order valence-corrected chi connectivity index (χ1v) is 5.00. The first kappa shape index (κ1) is 11.8. The van der Waals surface area contributed by atoms with Crippen LogP contribution in [0.5, 0.6) is 0 Å². The Morgan fingerprint density at radius 3 is 2.89 bits per heavy atom. The summed E-state index contributed by atoms with van der Waals surface area (Å²) in [4.78, 5) is 25.5. The van der Waals surface area contributed by atoms with Crippen molar-refractivity contribution in [2.24, 2.45) is 0 Å². The highest BCUT2D eigenvalue weighted by Gasteiger charge is 2.14. The van der Waals surface area contributed by atoms with Crippen LogP contribution in [0.4, 0.5) is 0 Å². The molecule has 6 heteroatoms. The summed E-state index contributed by atoms with van der Waals surface area (Å²) in [5.41, 5.74) is 1.53. The van der Waals surface area contributed by atoms with Gasteiger partial charge in [-0.3, -0.25) is 0 Å². The number of ether oxygens (including phenoxy) is 1. The van der Waals surface area contributed by atoms with Gasteiger partial charge in [-0.2, -0.15) is 0 Å². The normalized spacial score (nSPS) is 10.9. The maximum Gasteiger partial charge on any atom is 0.394 e. The number of rotatable bonds is 3. The van der Waals surface area contributed by atoms with Gasteiger partial charge in [-0.25, -0.2) is 14.6 Å². The Morgan fingerprint density at radius 1 is 1.44 bits per heavy atom. The molecule has 1 N–H and O–H groups in total. The summed E-state index contributed by atoms with van der Waals surface area (Å²) in [6, 6.07) is 4.90. The number of aliphatic carboxylic acids is 1. The number of nitrogens with zero attached hydrogens (tertiary/aromatic N) is 1. The molecule has 2 rings (SSSR count). The third-order valence-electron chi connectivity index (χ3n) is 2.19. The average Bonchev–Trinajstić information content (AvgIpc) is 2.78. The number of aromatic nitrogens is 1. The van der Waals surface area contributed by atoms with Crippen LogP contribution < -0.4 is 0 Å². The number of carbonyl (C=O) groups is 2. The lowest BCUT2D eigenvalue weighted by molar-refractivity contribution is -0.131. The molecule has 0 radical (unpaired) electrons. The summed E-state index contributed by atoms with van der Waals surface area (Å²) < 4.78 is 9.69. The van der Waals surface area contributed by atoms with Crippen molar-refractivity contribution in [2.45, 2.75) is 0 Å². The summed E-state index contributed by atoms with van der Waals surface area (Å²) in [6.45, 7) is 0. The summed E-state index contributed by atoms with van der Waals surface area (Å²) in [5, 5.41) is 8.51. The van der Waals surface area contributed by atoms with Gasteiger partial charge >= 0.3 is 17.8 Å². The predicted molar refractivity (Wildman–Crippen MR) is 62.0 cm³/mol. The number of esters is 1. The fourth-order valence-corrected chi connectivity index (χ4v) is 1.39. The maximum atomic E-state index is 11.2. The quantitative estimate of drug-likeness (QED) is 0.656. The lowest BCUT2D eigenvalue weighted by atomic mass is 10.2. The summed E-state index contributed by atoms with van der Waals surface area (Å²) in [5.74, 6) is -1.83. The van der Waals surface area contributed by atoms with Gasteiger partial charge < -0.3 is 14.3 Å². The molecule has 0 saturated heterocycles. The van der Waals surface area contributed by atoms with Gasteiger partial charge in [-0.15, -0.1) is 0 Å². The lowest BCUT2D eigenvalue weighted by Gasteiger charge is -1.91. The summed E-state index contributed by atoms with van der Waals surface area (Å²) in [6.07, 6.45) is 2.43. The van der Waals surface area contributed by atoms with Crippen molar-refractivity contribution in [3.05, 3.63) is 35.7 Å². The highest BCUT2D eigenvalue weighted by atomic mass is 16.5. The van der Waals surface area contributed by atoms with Gasteiger partial charge in [0.25, 0.3) is 0 Å². The molecular formula is C12H9NO5. The Bertz CT molecular complexity index is 641. The second-order valence-corrected chi connectivity index (χ2v) is 3.41. The lowest BCUT2D eigenvalue weighted by Crippen LogP contribution is -2.00. The van der Waals surface area contributed by atoms with Gasteiger partial charge in [0, 0.05) is 6.08 Å². The number of oxazole rings is 1. The van der Waals surface area contributed by atoms with E-state index in [2.05, 4.69) is 9.72 Å². The Hall–Kier alpha value is -2.63. The van der Waals surface area contributed by atoms with Crippen molar-refractivity contribution in [1.29, 1.82) is 0 Å². The molecule has 0 spiro atoms. The van der Waals surface area contributed by atoms with E-state index in [4.69, 9.17) is 9.52 Å². The molecule has 1 aromatic carbocycles. The molecule has 0 amide bonds. The van der Waals surface area contributed by atoms with E-state index in [1.165, 1.54) is 13.2 Å². The number of carboxylic acids is 1. The van der Waals surface area contributed by atoms with Crippen LogP contribution in [-0.4, -0.2) is 29.1 Å². The summed E-state index contributed by atoms with van der Waals surface area (Å²) in [7, 11) is 1.23. The van der Waals surface area contributed by atoms with Crippen molar-refractivity contribution in [3.63, 3.8) is 0 Å². The molecule has 0 aliphatic carbocycles. The van der Waals surface area contributed by atoms with E-state index in [-0.39, 0.29) is 5.89 Å². The van der Waals surface area contributed by atoms with E-state index in [9.17, 15) is 9.59 Å². The van der Waals surface area contributed by atoms with Crippen molar-refractivity contribution in [2.75, 3.05) is 7.11 Å². The molecular weight excluding hydrogens is 238 g/mol. The first-order valence-electron chi connectivity index (χ1n) is 5.00. The standard InChI is InChI=1S/C12H9NO5/c1-17-12(16)11-13-8-4-2-7(3-5-10(14)15)6-9(8)18-11/h2-6H,1H3,(H,14,15)/b5-3+. The van der Waals surface area contributed by atoms with Crippen molar-refractivity contribution in [1.82, 2.24) is 4.98 Å². The molecule has 0 saturated carbocycles. The topological polar surface area (TPSA) is 89.6 Å². The molecule has 0 atom stereocenters. The van der Waals surface area contributed by atoms with Crippen molar-refractivity contribution in [3.8, 4) is 0 Å². The fourth-order valence-electron chi connectivity index (χ4n) is 1.39. The van der Waals surface area contributed by atoms with Gasteiger partial charge in [0.15, 0.2) is 5.58 Å². The van der Waals surface area contributed by atoms with Crippen molar-refractivity contribution < 1.29 is 23.8 Å². The van der Waals surface area contributed by atoms with E-state index < -0.39 is 11.9 Å². The molecule has 2 aromatic rings. The van der Waals surface area contributed by atoms with Gasteiger partial charge in [0.2, 0.25) is 0 Å². The van der Waals surface area contributed by atoms with E-state index >= 15 is 0 Å². The number of fused-ring (bicyclic) bond motifs is 1. The van der Waals surface area contributed by atoms with E-state index in [1.54, 1.807) is 18.2 Å². The number of methoxy groups -OCH3 is 1. The highest BCUT2D eigenvalue weighted by molar-refractivity contribution is 5.89. The molecule has 0 aliphatic heterocycles. The van der Waals surface area contributed by atoms with Crippen LogP contribution in [0.2, 0.25) is 0 Å². The third-order valence-corrected chi connectivity index (χ3v) is 2.19. The van der Waals surface area contributed by atoms with E-state index in [0.717, 1.165) is 6.08 Å². The van der Waals surface area contributed by atoms with Gasteiger partial charge in [-0.05, 0) is 23.8 Å². The van der Waals surface area contributed by atoms with Crippen LogP contribution in [0, 0.1) is 0 Å². The van der Waals surface area contributed by atoms with E-state index in [1.807, 2.05) is 0 Å². The monoisotopic (exact) mass is 247 g/mol. The zero-order valence-corrected chi connectivity index (χ0v) is 9.41. The molecule has 0 bridgehead atoms. The SMILES string of the molecule is COC(=O)c1nc2ccc(/C=C/C(=O)O)cc2o1. The maximum absolute atomic E-state index is 11.2. The number of hydrogen-bond acceptors (Lipinski definition) is 5. The molecule has 0 unspecified atom stereocenters. The Labute approximate surface area is 101 Å². The fraction of sp³-hybridized carbons (Fsp3) is 0.0833. The molecule has 18 heavy (non-hydrogen) atoms. The molecule has 0 aliphatic rings. The minimum atomic E-state index is -1.04. The Kier molecular flexibility index (Phi) is 3.09. The molecule has 92 valence electrons. The van der Waals surface area contributed by atoms with Gasteiger partial charge in [0.05, 0.1) is 7.11 Å². The Morgan fingerprint density at radius 2 is 2.22 bits per heavy atom. The number of hydrogen-bond donors (Lipinski definition) is 1. The van der Waals surface area contributed by atoms with Crippen LogP contribution in [-0.2, 0) is 9.53 Å². The zero-order valence-electron chi connectivity index (χ0n) is 9.41. The first-order chi connectivity index (χ1) is 8.60. The van der Waals surface area contributed by atoms with Crippen LogP contribution in [0.25, 0.3) is 17.2 Å². The largest absolute Gasteiger partial charge is 0.478 e. The van der Waals surface area contributed by atoms with E-state index in [0.29, 0.717) is 16.7 Å². The molecule has 1 aromatic heterocycles. The third kappa shape index (κ3) is 2.37. The molecule has 0 fully saturated rings. The molecule has 6 nitrogen and oxygen atoms in total. The number of benzene rings is 1. The smallest absolute Gasteiger partial charge is 0.394 e.